The van der Waals surface area contributed by atoms with E-state index < -0.39 is 0 Å². The molecular weight excluding hydrogens is 243 g/mol. The number of nitrogens with two attached hydrogens (primary N) is 1. The van der Waals surface area contributed by atoms with Crippen LogP contribution in [0.3, 0.4) is 0 Å². The molecule has 0 spiro atoms. The lowest BCUT2D eigenvalue weighted by atomic mass is 9.98. The summed E-state index contributed by atoms with van der Waals surface area (Å²) in [5.41, 5.74) is 7.74. The standard InChI is InChI=1S/C15H23FN2O/c1-11-8-12(16)4-5-13(11)14(9-17)18-10-15(2)6-3-7-19-15/h4-5,8,14,18H,3,6-7,9-10,17H2,1-2H3. The summed E-state index contributed by atoms with van der Waals surface area (Å²) in [6.07, 6.45) is 2.18. The Morgan fingerprint density at radius 2 is 2.32 bits per heavy atom. The van der Waals surface area contributed by atoms with Crippen molar-refractivity contribution >= 4 is 0 Å². The minimum atomic E-state index is -0.205. The molecule has 1 aromatic rings. The van der Waals surface area contributed by atoms with Gasteiger partial charge in [-0.1, -0.05) is 6.07 Å². The fraction of sp³-hybridized carbons (Fsp3) is 0.600. The molecular formula is C15H23FN2O. The molecule has 106 valence electrons. The molecule has 3 nitrogen and oxygen atoms in total. The molecule has 0 aromatic heterocycles. The van der Waals surface area contributed by atoms with Gasteiger partial charge in [0, 0.05) is 25.7 Å². The Labute approximate surface area is 114 Å². The van der Waals surface area contributed by atoms with Crippen molar-refractivity contribution in [2.45, 2.75) is 38.3 Å². The number of halogens is 1. The highest BCUT2D eigenvalue weighted by Crippen LogP contribution is 2.25. The monoisotopic (exact) mass is 266 g/mol. The number of hydrogen-bond acceptors (Lipinski definition) is 3. The zero-order chi connectivity index (χ0) is 13.9. The summed E-state index contributed by atoms with van der Waals surface area (Å²) in [5, 5.41) is 3.46. The van der Waals surface area contributed by atoms with E-state index >= 15 is 0 Å². The van der Waals surface area contributed by atoms with Crippen LogP contribution >= 0.6 is 0 Å². The first-order valence-corrected chi connectivity index (χ1v) is 6.87. The van der Waals surface area contributed by atoms with Gasteiger partial charge in [0.2, 0.25) is 0 Å². The Kier molecular flexibility index (Phi) is 4.55. The molecule has 0 bridgehead atoms. The predicted octanol–water partition coefficient (Wildman–Crippen LogP) is 2.29. The van der Waals surface area contributed by atoms with Crippen molar-refractivity contribution in [2.75, 3.05) is 19.7 Å². The number of hydrogen-bond donors (Lipinski definition) is 2. The van der Waals surface area contributed by atoms with Gasteiger partial charge in [0.15, 0.2) is 0 Å². The number of aryl methyl sites for hydroxylation is 1. The molecule has 1 saturated heterocycles. The average molecular weight is 266 g/mol. The lowest BCUT2D eigenvalue weighted by molar-refractivity contribution is 0.0189. The smallest absolute Gasteiger partial charge is 0.123 e. The maximum absolute atomic E-state index is 13.1. The van der Waals surface area contributed by atoms with Crippen molar-refractivity contribution in [3.05, 3.63) is 35.1 Å². The Hall–Kier alpha value is -0.970. The largest absolute Gasteiger partial charge is 0.374 e. The van der Waals surface area contributed by atoms with Gasteiger partial charge in [0.25, 0.3) is 0 Å². The molecule has 0 amide bonds. The van der Waals surface area contributed by atoms with Gasteiger partial charge in [-0.05, 0) is 49.9 Å². The normalized spacial score (nSPS) is 24.6. The third-order valence-corrected chi connectivity index (χ3v) is 3.87. The molecule has 2 unspecified atom stereocenters. The fourth-order valence-corrected chi connectivity index (χ4v) is 2.67. The molecule has 0 saturated carbocycles. The molecule has 4 heteroatoms. The molecule has 19 heavy (non-hydrogen) atoms. The van der Waals surface area contributed by atoms with Crippen molar-refractivity contribution in [3.8, 4) is 0 Å². The van der Waals surface area contributed by atoms with Gasteiger partial charge in [0.05, 0.1) is 5.60 Å². The van der Waals surface area contributed by atoms with E-state index in [2.05, 4.69) is 12.2 Å². The Morgan fingerprint density at radius 3 is 2.89 bits per heavy atom. The van der Waals surface area contributed by atoms with Crippen LogP contribution in [0.2, 0.25) is 0 Å². The van der Waals surface area contributed by atoms with Gasteiger partial charge in [-0.2, -0.15) is 0 Å². The van der Waals surface area contributed by atoms with Crippen molar-refractivity contribution in [1.82, 2.24) is 5.32 Å². The van der Waals surface area contributed by atoms with Gasteiger partial charge < -0.3 is 15.8 Å². The van der Waals surface area contributed by atoms with E-state index in [0.717, 1.165) is 37.1 Å². The zero-order valence-corrected chi connectivity index (χ0v) is 11.7. The van der Waals surface area contributed by atoms with Gasteiger partial charge in [0.1, 0.15) is 5.82 Å². The SMILES string of the molecule is Cc1cc(F)ccc1C(CN)NCC1(C)CCCO1. The van der Waals surface area contributed by atoms with E-state index in [1.807, 2.05) is 13.0 Å². The second kappa shape index (κ2) is 5.99. The van der Waals surface area contributed by atoms with Crippen LogP contribution in [-0.4, -0.2) is 25.3 Å². The third-order valence-electron chi connectivity index (χ3n) is 3.87. The lowest BCUT2D eigenvalue weighted by Gasteiger charge is -2.27. The minimum Gasteiger partial charge on any atom is -0.374 e. The second-order valence-electron chi connectivity index (χ2n) is 5.57. The zero-order valence-electron chi connectivity index (χ0n) is 11.7. The van der Waals surface area contributed by atoms with Gasteiger partial charge in [-0.3, -0.25) is 0 Å². The van der Waals surface area contributed by atoms with E-state index in [1.54, 1.807) is 6.07 Å². The van der Waals surface area contributed by atoms with E-state index in [9.17, 15) is 4.39 Å². The fourth-order valence-electron chi connectivity index (χ4n) is 2.67. The highest BCUT2D eigenvalue weighted by molar-refractivity contribution is 5.29. The number of nitrogens with one attached hydrogen (secondary N) is 1. The maximum atomic E-state index is 13.1. The molecule has 3 N–H and O–H groups in total. The highest BCUT2D eigenvalue weighted by atomic mass is 19.1. The Bertz CT molecular complexity index is 430. The Morgan fingerprint density at radius 1 is 1.53 bits per heavy atom. The summed E-state index contributed by atoms with van der Waals surface area (Å²) in [4.78, 5) is 0. The van der Waals surface area contributed by atoms with Crippen LogP contribution in [-0.2, 0) is 4.74 Å². The van der Waals surface area contributed by atoms with Gasteiger partial charge in [-0.15, -0.1) is 0 Å². The molecule has 1 aliphatic heterocycles. The number of benzene rings is 1. The van der Waals surface area contributed by atoms with Crippen LogP contribution < -0.4 is 11.1 Å². The first-order valence-electron chi connectivity index (χ1n) is 6.87. The molecule has 2 atom stereocenters. The average Bonchev–Trinajstić information content (AvgIpc) is 2.79. The van der Waals surface area contributed by atoms with Crippen LogP contribution in [0.5, 0.6) is 0 Å². The molecule has 1 fully saturated rings. The minimum absolute atomic E-state index is 0.0432. The van der Waals surface area contributed by atoms with Crippen LogP contribution in [0.1, 0.15) is 36.9 Å². The lowest BCUT2D eigenvalue weighted by Crippen LogP contribution is -2.41. The van der Waals surface area contributed by atoms with E-state index in [1.165, 1.54) is 6.07 Å². The summed E-state index contributed by atoms with van der Waals surface area (Å²) < 4.78 is 18.9. The van der Waals surface area contributed by atoms with Crippen molar-refractivity contribution < 1.29 is 9.13 Å². The van der Waals surface area contributed by atoms with Crippen molar-refractivity contribution in [3.63, 3.8) is 0 Å². The summed E-state index contributed by atoms with van der Waals surface area (Å²) in [5.74, 6) is -0.205. The first kappa shape index (κ1) is 14.4. The third kappa shape index (κ3) is 3.53. The summed E-state index contributed by atoms with van der Waals surface area (Å²) in [6, 6.07) is 4.89. The molecule has 0 aliphatic carbocycles. The predicted molar refractivity (Wildman–Crippen MR) is 74.5 cm³/mol. The van der Waals surface area contributed by atoms with Crippen molar-refractivity contribution in [2.24, 2.45) is 5.73 Å². The van der Waals surface area contributed by atoms with E-state index in [-0.39, 0.29) is 17.5 Å². The molecule has 2 rings (SSSR count). The second-order valence-corrected chi connectivity index (χ2v) is 5.57. The van der Waals surface area contributed by atoms with Gasteiger partial charge in [-0.25, -0.2) is 4.39 Å². The van der Waals surface area contributed by atoms with E-state index in [0.29, 0.717) is 6.54 Å². The highest BCUT2D eigenvalue weighted by Gasteiger charge is 2.30. The maximum Gasteiger partial charge on any atom is 0.123 e. The van der Waals surface area contributed by atoms with Crippen LogP contribution in [0.15, 0.2) is 18.2 Å². The number of rotatable bonds is 5. The quantitative estimate of drug-likeness (QED) is 0.859. The molecule has 1 aliphatic rings. The van der Waals surface area contributed by atoms with Crippen LogP contribution in [0, 0.1) is 12.7 Å². The molecule has 1 heterocycles. The van der Waals surface area contributed by atoms with Crippen LogP contribution in [0.4, 0.5) is 4.39 Å². The molecule has 1 aromatic carbocycles. The van der Waals surface area contributed by atoms with E-state index in [4.69, 9.17) is 10.5 Å². The first-order chi connectivity index (χ1) is 9.04. The van der Waals surface area contributed by atoms with Crippen molar-refractivity contribution in [1.29, 1.82) is 0 Å². The summed E-state index contributed by atoms with van der Waals surface area (Å²) in [7, 11) is 0. The molecule has 0 radical (unpaired) electrons. The van der Waals surface area contributed by atoms with Gasteiger partial charge >= 0.3 is 0 Å². The van der Waals surface area contributed by atoms with Crippen LogP contribution in [0.25, 0.3) is 0 Å². The summed E-state index contributed by atoms with van der Waals surface area (Å²) in [6.45, 7) is 6.13. The topological polar surface area (TPSA) is 47.3 Å². The summed E-state index contributed by atoms with van der Waals surface area (Å²) >= 11 is 0. The Balaban J connectivity index is 2.03. The number of ether oxygens (including phenoxy) is 1.